The van der Waals surface area contributed by atoms with E-state index in [0.717, 1.165) is 60.8 Å². The number of nitrogens with one attached hydrogen (secondary N) is 1. The second-order valence-corrected chi connectivity index (χ2v) is 6.46. The number of pyridine rings is 1. The van der Waals surface area contributed by atoms with Crippen molar-refractivity contribution in [2.75, 3.05) is 24.5 Å². The Balaban J connectivity index is 2.03. The van der Waals surface area contributed by atoms with E-state index in [9.17, 15) is 0 Å². The van der Waals surface area contributed by atoms with Crippen LogP contribution >= 0.6 is 11.6 Å². The maximum absolute atomic E-state index is 6.24. The van der Waals surface area contributed by atoms with Crippen LogP contribution in [0.2, 0.25) is 5.02 Å². The highest BCUT2D eigenvalue weighted by Gasteiger charge is 2.25. The molecule has 0 spiro atoms. The molecule has 0 aliphatic carbocycles. The van der Waals surface area contributed by atoms with Crippen molar-refractivity contribution in [2.24, 2.45) is 11.8 Å². The van der Waals surface area contributed by atoms with E-state index < -0.39 is 0 Å². The molecule has 0 bridgehead atoms. The number of nitrogens with zero attached hydrogens (tertiary/aromatic N) is 2. The summed E-state index contributed by atoms with van der Waals surface area (Å²) in [6.45, 7) is 10.9. The van der Waals surface area contributed by atoms with E-state index in [1.807, 2.05) is 0 Å². The molecule has 1 saturated heterocycles. The summed E-state index contributed by atoms with van der Waals surface area (Å²) >= 11 is 6.24. The van der Waals surface area contributed by atoms with Crippen LogP contribution < -0.4 is 10.2 Å². The molecule has 1 aromatic rings. The predicted octanol–water partition coefficient (Wildman–Crippen LogP) is 3.72. The average molecular weight is 296 g/mol. The van der Waals surface area contributed by atoms with Crippen molar-refractivity contribution in [1.82, 2.24) is 10.3 Å². The molecule has 3 nitrogen and oxygen atoms in total. The van der Waals surface area contributed by atoms with Gasteiger partial charge in [-0.1, -0.05) is 32.4 Å². The Bertz CT molecular complexity index is 434. The summed E-state index contributed by atoms with van der Waals surface area (Å²) in [7, 11) is 0. The minimum absolute atomic E-state index is 0.748. The lowest BCUT2D eigenvalue weighted by molar-refractivity contribution is 0.422. The first-order valence-electron chi connectivity index (χ1n) is 7.72. The molecule has 2 heterocycles. The van der Waals surface area contributed by atoms with Gasteiger partial charge in [0.15, 0.2) is 0 Å². The Kier molecular flexibility index (Phi) is 5.67. The largest absolute Gasteiger partial charge is 0.356 e. The van der Waals surface area contributed by atoms with Crippen molar-refractivity contribution in [3.63, 3.8) is 0 Å². The van der Waals surface area contributed by atoms with Crippen LogP contribution in [0.4, 0.5) is 5.82 Å². The number of hydrogen-bond donors (Lipinski definition) is 1. The van der Waals surface area contributed by atoms with Crippen LogP contribution in [0.3, 0.4) is 0 Å². The van der Waals surface area contributed by atoms with E-state index in [0.29, 0.717) is 0 Å². The number of hydrogen-bond acceptors (Lipinski definition) is 3. The van der Waals surface area contributed by atoms with Crippen LogP contribution in [-0.4, -0.2) is 24.6 Å². The SMILES string of the molecule is CCCNCc1cc(N2CCC(C(C)C)C2)ncc1Cl. The molecule has 0 radical (unpaired) electrons. The first-order chi connectivity index (χ1) is 9.61. The highest BCUT2D eigenvalue weighted by atomic mass is 35.5. The minimum Gasteiger partial charge on any atom is -0.356 e. The lowest BCUT2D eigenvalue weighted by Crippen LogP contribution is -2.22. The Morgan fingerprint density at radius 1 is 1.50 bits per heavy atom. The molecule has 0 aromatic carbocycles. The maximum atomic E-state index is 6.24. The van der Waals surface area contributed by atoms with Gasteiger partial charge in [-0.2, -0.15) is 0 Å². The molecule has 4 heteroatoms. The predicted molar refractivity (Wildman–Crippen MR) is 86.4 cm³/mol. The standard InChI is InChI=1S/C16H26ClN3/c1-4-6-18-9-14-8-16(19-10-15(14)17)20-7-5-13(11-20)12(2)3/h8,10,12-13,18H,4-7,9,11H2,1-3H3. The summed E-state index contributed by atoms with van der Waals surface area (Å²) in [5, 5.41) is 4.17. The Morgan fingerprint density at radius 3 is 2.95 bits per heavy atom. The van der Waals surface area contributed by atoms with Crippen LogP contribution in [0, 0.1) is 11.8 Å². The van der Waals surface area contributed by atoms with E-state index in [1.54, 1.807) is 6.20 Å². The van der Waals surface area contributed by atoms with Crippen molar-refractivity contribution in [1.29, 1.82) is 0 Å². The van der Waals surface area contributed by atoms with Crippen LogP contribution in [0.1, 0.15) is 39.2 Å². The van der Waals surface area contributed by atoms with Gasteiger partial charge < -0.3 is 10.2 Å². The van der Waals surface area contributed by atoms with Gasteiger partial charge in [0.05, 0.1) is 5.02 Å². The number of halogens is 1. The van der Waals surface area contributed by atoms with Gasteiger partial charge in [0.2, 0.25) is 0 Å². The third-order valence-electron chi connectivity index (χ3n) is 4.15. The summed E-state index contributed by atoms with van der Waals surface area (Å²) in [5.74, 6) is 2.61. The highest BCUT2D eigenvalue weighted by Crippen LogP contribution is 2.28. The van der Waals surface area contributed by atoms with E-state index in [1.165, 1.54) is 6.42 Å². The van der Waals surface area contributed by atoms with Crippen LogP contribution in [0.25, 0.3) is 0 Å². The van der Waals surface area contributed by atoms with Crippen LogP contribution in [0.5, 0.6) is 0 Å². The zero-order valence-corrected chi connectivity index (χ0v) is 13.6. The number of aromatic nitrogens is 1. The van der Waals surface area contributed by atoms with E-state index in [2.05, 4.69) is 42.0 Å². The molecule has 20 heavy (non-hydrogen) atoms. The van der Waals surface area contributed by atoms with Gasteiger partial charge in [0, 0.05) is 25.8 Å². The molecular formula is C16H26ClN3. The maximum Gasteiger partial charge on any atom is 0.128 e. The lowest BCUT2D eigenvalue weighted by atomic mass is 9.95. The fourth-order valence-electron chi connectivity index (χ4n) is 2.72. The lowest BCUT2D eigenvalue weighted by Gasteiger charge is -2.20. The molecule has 1 fully saturated rings. The van der Waals surface area contributed by atoms with E-state index in [4.69, 9.17) is 11.6 Å². The fourth-order valence-corrected chi connectivity index (χ4v) is 2.89. The molecule has 1 atom stereocenters. The molecule has 1 aromatic heterocycles. The van der Waals surface area contributed by atoms with Crippen molar-refractivity contribution in [3.05, 3.63) is 22.8 Å². The molecule has 0 amide bonds. The van der Waals surface area contributed by atoms with Crippen molar-refractivity contribution < 1.29 is 0 Å². The van der Waals surface area contributed by atoms with Crippen molar-refractivity contribution in [2.45, 2.75) is 40.2 Å². The third-order valence-corrected chi connectivity index (χ3v) is 4.49. The second kappa shape index (κ2) is 7.28. The number of anilines is 1. The van der Waals surface area contributed by atoms with Crippen LogP contribution in [-0.2, 0) is 6.54 Å². The third kappa shape index (κ3) is 3.86. The van der Waals surface area contributed by atoms with Gasteiger partial charge in [-0.15, -0.1) is 0 Å². The highest BCUT2D eigenvalue weighted by molar-refractivity contribution is 6.31. The molecule has 1 unspecified atom stereocenters. The molecular weight excluding hydrogens is 270 g/mol. The van der Waals surface area contributed by atoms with Crippen molar-refractivity contribution in [3.8, 4) is 0 Å². The normalized spacial score (nSPS) is 19.1. The molecule has 112 valence electrons. The topological polar surface area (TPSA) is 28.2 Å². The minimum atomic E-state index is 0.748. The summed E-state index contributed by atoms with van der Waals surface area (Å²) in [6, 6.07) is 2.15. The molecule has 1 aliphatic rings. The number of rotatable bonds is 6. The average Bonchev–Trinajstić information content (AvgIpc) is 2.91. The zero-order valence-electron chi connectivity index (χ0n) is 12.8. The zero-order chi connectivity index (χ0) is 14.5. The molecule has 1 N–H and O–H groups in total. The Hall–Kier alpha value is -0.800. The Morgan fingerprint density at radius 2 is 2.30 bits per heavy atom. The summed E-state index contributed by atoms with van der Waals surface area (Å²) in [6.07, 6.45) is 4.20. The summed E-state index contributed by atoms with van der Waals surface area (Å²) < 4.78 is 0. The Labute approximate surface area is 127 Å². The van der Waals surface area contributed by atoms with Gasteiger partial charge in [-0.3, -0.25) is 0 Å². The van der Waals surface area contributed by atoms with Gasteiger partial charge >= 0.3 is 0 Å². The molecule has 2 rings (SSSR count). The second-order valence-electron chi connectivity index (χ2n) is 6.05. The van der Waals surface area contributed by atoms with E-state index in [-0.39, 0.29) is 0 Å². The smallest absolute Gasteiger partial charge is 0.128 e. The van der Waals surface area contributed by atoms with Gasteiger partial charge in [-0.25, -0.2) is 4.98 Å². The van der Waals surface area contributed by atoms with Crippen LogP contribution in [0.15, 0.2) is 12.3 Å². The monoisotopic (exact) mass is 295 g/mol. The first kappa shape index (κ1) is 15.6. The fraction of sp³-hybridized carbons (Fsp3) is 0.688. The van der Waals surface area contributed by atoms with Gasteiger partial charge in [0.1, 0.15) is 5.82 Å². The quantitative estimate of drug-likeness (QED) is 0.811. The first-order valence-corrected chi connectivity index (χ1v) is 8.09. The summed E-state index contributed by atoms with van der Waals surface area (Å²) in [4.78, 5) is 6.90. The van der Waals surface area contributed by atoms with Crippen molar-refractivity contribution >= 4 is 17.4 Å². The van der Waals surface area contributed by atoms with Gasteiger partial charge in [0.25, 0.3) is 0 Å². The van der Waals surface area contributed by atoms with E-state index >= 15 is 0 Å². The summed E-state index contributed by atoms with van der Waals surface area (Å²) in [5.41, 5.74) is 1.15. The molecule has 0 saturated carbocycles. The molecule has 1 aliphatic heterocycles. The van der Waals surface area contributed by atoms with Gasteiger partial charge in [-0.05, 0) is 42.9 Å².